The molecule has 0 fully saturated rings. The SMILES string of the molecule is CN(CCCO)c1c(Cl)cc([N+](=O)[O-])cc1C(=O)O. The number of halogens is 1. The fraction of sp³-hybridized carbons (Fsp3) is 0.364. The molecular formula is C11H13ClN2O5. The largest absolute Gasteiger partial charge is 0.478 e. The molecule has 0 aliphatic carbocycles. The average Bonchev–Trinajstić information content (AvgIpc) is 2.34. The molecule has 0 heterocycles. The summed E-state index contributed by atoms with van der Waals surface area (Å²) in [5.41, 5.74) is -0.408. The van der Waals surface area contributed by atoms with Crippen LogP contribution in [0.5, 0.6) is 0 Å². The van der Waals surface area contributed by atoms with Crippen LogP contribution in [0.1, 0.15) is 16.8 Å². The predicted molar refractivity (Wildman–Crippen MR) is 70.0 cm³/mol. The summed E-state index contributed by atoms with van der Waals surface area (Å²) in [5.74, 6) is -1.29. The highest BCUT2D eigenvalue weighted by molar-refractivity contribution is 6.34. The Bertz CT molecular complexity index is 506. The molecule has 8 heteroatoms. The van der Waals surface area contributed by atoms with Crippen LogP contribution in [-0.4, -0.2) is 41.3 Å². The van der Waals surface area contributed by atoms with Crippen LogP contribution in [0.25, 0.3) is 0 Å². The Morgan fingerprint density at radius 1 is 1.53 bits per heavy atom. The summed E-state index contributed by atoms with van der Waals surface area (Å²) in [6, 6.07) is 2.08. The summed E-state index contributed by atoms with van der Waals surface area (Å²) in [4.78, 5) is 22.7. The minimum atomic E-state index is -1.29. The number of anilines is 1. The molecule has 2 N–H and O–H groups in total. The first-order valence-corrected chi connectivity index (χ1v) is 5.79. The molecule has 104 valence electrons. The van der Waals surface area contributed by atoms with Crippen LogP contribution in [0.2, 0.25) is 5.02 Å². The summed E-state index contributed by atoms with van der Waals surface area (Å²) < 4.78 is 0. The van der Waals surface area contributed by atoms with Gasteiger partial charge in [0.25, 0.3) is 5.69 Å². The van der Waals surface area contributed by atoms with Gasteiger partial charge in [-0.05, 0) is 6.42 Å². The molecule has 0 saturated heterocycles. The predicted octanol–water partition coefficient (Wildman–Crippen LogP) is 1.76. The van der Waals surface area contributed by atoms with Crippen molar-refractivity contribution in [1.82, 2.24) is 0 Å². The lowest BCUT2D eigenvalue weighted by Crippen LogP contribution is -2.22. The fourth-order valence-corrected chi connectivity index (χ4v) is 2.02. The number of nitro benzene ring substituents is 1. The molecule has 0 saturated carbocycles. The molecule has 0 aromatic heterocycles. The van der Waals surface area contributed by atoms with E-state index in [9.17, 15) is 14.9 Å². The number of aliphatic hydroxyl groups is 1. The van der Waals surface area contributed by atoms with Crippen molar-refractivity contribution in [2.24, 2.45) is 0 Å². The van der Waals surface area contributed by atoms with Gasteiger partial charge in [-0.25, -0.2) is 4.79 Å². The van der Waals surface area contributed by atoms with Crippen molar-refractivity contribution in [1.29, 1.82) is 0 Å². The van der Waals surface area contributed by atoms with E-state index >= 15 is 0 Å². The van der Waals surface area contributed by atoms with E-state index in [-0.39, 0.29) is 28.6 Å². The van der Waals surface area contributed by atoms with Gasteiger partial charge in [0.15, 0.2) is 0 Å². The monoisotopic (exact) mass is 288 g/mol. The molecule has 19 heavy (non-hydrogen) atoms. The molecule has 0 spiro atoms. The zero-order chi connectivity index (χ0) is 14.6. The van der Waals surface area contributed by atoms with Gasteiger partial charge in [-0.1, -0.05) is 11.6 Å². The zero-order valence-electron chi connectivity index (χ0n) is 10.2. The van der Waals surface area contributed by atoms with E-state index < -0.39 is 10.9 Å². The maximum atomic E-state index is 11.2. The third-order valence-electron chi connectivity index (χ3n) is 2.52. The molecular weight excluding hydrogens is 276 g/mol. The number of carbonyl (C=O) groups is 1. The molecule has 7 nitrogen and oxygen atoms in total. The Labute approximate surface area is 114 Å². The Hall–Kier alpha value is -1.86. The van der Waals surface area contributed by atoms with Crippen LogP contribution < -0.4 is 4.90 Å². The molecule has 1 rings (SSSR count). The number of nitrogens with zero attached hydrogens (tertiary/aromatic N) is 2. The van der Waals surface area contributed by atoms with Gasteiger partial charge in [-0.15, -0.1) is 0 Å². The number of hydrogen-bond acceptors (Lipinski definition) is 5. The summed E-state index contributed by atoms with van der Waals surface area (Å²) in [6.45, 7) is 0.339. The third kappa shape index (κ3) is 3.55. The van der Waals surface area contributed by atoms with E-state index in [0.29, 0.717) is 13.0 Å². The van der Waals surface area contributed by atoms with Gasteiger partial charge < -0.3 is 15.1 Å². The van der Waals surface area contributed by atoms with Crippen LogP contribution in [-0.2, 0) is 0 Å². The maximum Gasteiger partial charge on any atom is 0.338 e. The van der Waals surface area contributed by atoms with Crippen molar-refractivity contribution in [2.45, 2.75) is 6.42 Å². The lowest BCUT2D eigenvalue weighted by Gasteiger charge is -2.22. The molecule has 0 amide bonds. The summed E-state index contributed by atoms with van der Waals surface area (Å²) in [7, 11) is 1.61. The first kappa shape index (κ1) is 15.2. The van der Waals surface area contributed by atoms with Crippen LogP contribution in [0, 0.1) is 10.1 Å². The topological polar surface area (TPSA) is 104 Å². The van der Waals surface area contributed by atoms with Crippen molar-refractivity contribution < 1.29 is 19.9 Å². The minimum absolute atomic E-state index is 0.00737. The van der Waals surface area contributed by atoms with Gasteiger partial charge >= 0.3 is 5.97 Å². The normalized spacial score (nSPS) is 10.3. The zero-order valence-corrected chi connectivity index (χ0v) is 10.9. The maximum absolute atomic E-state index is 11.2. The molecule has 0 unspecified atom stereocenters. The average molecular weight is 289 g/mol. The quantitative estimate of drug-likeness (QED) is 0.610. The molecule has 1 aromatic rings. The molecule has 0 radical (unpaired) electrons. The van der Waals surface area contributed by atoms with Crippen molar-refractivity contribution in [3.8, 4) is 0 Å². The minimum Gasteiger partial charge on any atom is -0.478 e. The second-order valence-electron chi connectivity index (χ2n) is 3.88. The van der Waals surface area contributed by atoms with E-state index in [1.54, 1.807) is 11.9 Å². The highest BCUT2D eigenvalue weighted by atomic mass is 35.5. The second-order valence-corrected chi connectivity index (χ2v) is 4.29. The standard InChI is InChI=1S/C11H13ClN2O5/c1-13(3-2-4-15)10-8(11(16)17)5-7(14(18)19)6-9(10)12/h5-6,15H,2-4H2,1H3,(H,16,17). The smallest absolute Gasteiger partial charge is 0.338 e. The first-order valence-electron chi connectivity index (χ1n) is 5.41. The van der Waals surface area contributed by atoms with E-state index in [1.165, 1.54) is 0 Å². The Morgan fingerprint density at radius 3 is 2.63 bits per heavy atom. The van der Waals surface area contributed by atoms with E-state index in [4.69, 9.17) is 21.8 Å². The Kier molecular flexibility index (Phi) is 5.08. The van der Waals surface area contributed by atoms with Crippen molar-refractivity contribution in [3.63, 3.8) is 0 Å². The summed E-state index contributed by atoms with van der Waals surface area (Å²) >= 11 is 5.92. The molecule has 0 aliphatic heterocycles. The number of hydrogen-bond donors (Lipinski definition) is 2. The lowest BCUT2D eigenvalue weighted by molar-refractivity contribution is -0.384. The van der Waals surface area contributed by atoms with E-state index in [1.807, 2.05) is 0 Å². The van der Waals surface area contributed by atoms with Gasteiger partial charge in [0.05, 0.1) is 21.2 Å². The number of benzene rings is 1. The van der Waals surface area contributed by atoms with Gasteiger partial charge in [0.1, 0.15) is 0 Å². The number of aliphatic hydroxyl groups excluding tert-OH is 1. The Balaban J connectivity index is 3.29. The number of non-ortho nitro benzene ring substituents is 1. The van der Waals surface area contributed by atoms with Crippen LogP contribution in [0.3, 0.4) is 0 Å². The van der Waals surface area contributed by atoms with Crippen molar-refractivity contribution in [3.05, 3.63) is 32.8 Å². The van der Waals surface area contributed by atoms with Gasteiger partial charge in [0, 0.05) is 32.3 Å². The number of aromatic carboxylic acids is 1. The van der Waals surface area contributed by atoms with Crippen LogP contribution >= 0.6 is 11.6 Å². The van der Waals surface area contributed by atoms with Crippen LogP contribution in [0.15, 0.2) is 12.1 Å². The van der Waals surface area contributed by atoms with E-state index in [2.05, 4.69) is 0 Å². The molecule has 0 atom stereocenters. The number of nitro groups is 1. The van der Waals surface area contributed by atoms with Gasteiger partial charge in [-0.3, -0.25) is 10.1 Å². The third-order valence-corrected chi connectivity index (χ3v) is 2.81. The van der Waals surface area contributed by atoms with Crippen LogP contribution in [0.4, 0.5) is 11.4 Å². The first-order chi connectivity index (χ1) is 8.88. The second kappa shape index (κ2) is 6.35. The Morgan fingerprint density at radius 2 is 2.16 bits per heavy atom. The highest BCUT2D eigenvalue weighted by Gasteiger charge is 2.22. The van der Waals surface area contributed by atoms with Gasteiger partial charge in [0.2, 0.25) is 0 Å². The lowest BCUT2D eigenvalue weighted by atomic mass is 10.1. The molecule has 1 aromatic carbocycles. The fourth-order valence-electron chi connectivity index (χ4n) is 1.66. The number of carboxylic acid groups (broad SMARTS) is 1. The van der Waals surface area contributed by atoms with Crippen molar-refractivity contribution >= 4 is 28.9 Å². The number of rotatable bonds is 6. The molecule has 0 bridgehead atoms. The van der Waals surface area contributed by atoms with Gasteiger partial charge in [-0.2, -0.15) is 0 Å². The van der Waals surface area contributed by atoms with E-state index in [0.717, 1.165) is 12.1 Å². The summed E-state index contributed by atoms with van der Waals surface area (Å²) in [6.07, 6.45) is 0.433. The number of carboxylic acids is 1. The molecule has 0 aliphatic rings. The highest BCUT2D eigenvalue weighted by Crippen LogP contribution is 2.33. The van der Waals surface area contributed by atoms with Crippen molar-refractivity contribution in [2.75, 3.05) is 25.1 Å². The summed E-state index contributed by atoms with van der Waals surface area (Å²) in [5, 5.41) is 28.6.